The zero-order valence-electron chi connectivity index (χ0n) is 13.0. The smallest absolute Gasteiger partial charge is 0.242 e. The highest BCUT2D eigenvalue weighted by atomic mass is 16.2. The van der Waals surface area contributed by atoms with E-state index in [4.69, 9.17) is 0 Å². The molecule has 3 heterocycles. The number of hydrogen-bond donors (Lipinski definition) is 1. The molecule has 0 spiro atoms. The SMILES string of the molecule is CCC1(C(=O)N2CCC3C(CCCN3C)C2)CCCN1. The van der Waals surface area contributed by atoms with Crippen LogP contribution in [0.1, 0.15) is 45.4 Å². The second-order valence-corrected chi connectivity index (χ2v) is 6.96. The minimum atomic E-state index is -0.243. The van der Waals surface area contributed by atoms with E-state index in [1.165, 1.54) is 19.4 Å². The third-order valence-corrected chi connectivity index (χ3v) is 5.89. The molecule has 4 nitrogen and oxygen atoms in total. The van der Waals surface area contributed by atoms with Gasteiger partial charge in [-0.1, -0.05) is 6.92 Å². The van der Waals surface area contributed by atoms with Gasteiger partial charge >= 0.3 is 0 Å². The Morgan fingerprint density at radius 2 is 2.15 bits per heavy atom. The van der Waals surface area contributed by atoms with Gasteiger partial charge in [0.15, 0.2) is 0 Å². The number of fused-ring (bicyclic) bond motifs is 1. The van der Waals surface area contributed by atoms with Gasteiger partial charge in [-0.2, -0.15) is 0 Å². The number of amides is 1. The molecule has 3 unspecified atom stereocenters. The maximum atomic E-state index is 13.0. The van der Waals surface area contributed by atoms with Crippen molar-refractivity contribution in [2.24, 2.45) is 5.92 Å². The summed E-state index contributed by atoms with van der Waals surface area (Å²) in [5.74, 6) is 1.07. The molecule has 0 radical (unpaired) electrons. The number of carbonyl (C=O) groups is 1. The largest absolute Gasteiger partial charge is 0.341 e. The summed E-state index contributed by atoms with van der Waals surface area (Å²) in [5, 5.41) is 3.50. The zero-order valence-corrected chi connectivity index (χ0v) is 13.0. The molecule has 0 aromatic rings. The standard InChI is InChI=1S/C16H29N3O/c1-3-16(8-5-9-17-16)15(20)19-11-7-14-13(12-19)6-4-10-18(14)2/h13-14,17H,3-12H2,1-2H3. The molecule has 3 fully saturated rings. The zero-order chi connectivity index (χ0) is 14.2. The lowest BCUT2D eigenvalue weighted by atomic mass is 9.83. The van der Waals surface area contributed by atoms with Crippen molar-refractivity contribution in [2.45, 2.75) is 57.0 Å². The summed E-state index contributed by atoms with van der Waals surface area (Å²) in [6.45, 7) is 6.32. The Balaban J connectivity index is 1.68. The number of rotatable bonds is 2. The Hall–Kier alpha value is -0.610. The van der Waals surface area contributed by atoms with Crippen LogP contribution in [0.4, 0.5) is 0 Å². The second-order valence-electron chi connectivity index (χ2n) is 6.96. The average Bonchev–Trinajstić information content (AvgIpc) is 2.96. The summed E-state index contributed by atoms with van der Waals surface area (Å²) in [5.41, 5.74) is -0.243. The van der Waals surface area contributed by atoms with Crippen LogP contribution in [0.2, 0.25) is 0 Å². The third kappa shape index (κ3) is 2.37. The lowest BCUT2D eigenvalue weighted by Gasteiger charge is -2.47. The van der Waals surface area contributed by atoms with E-state index in [0.717, 1.165) is 45.3 Å². The molecule has 0 bridgehead atoms. The molecule has 0 aromatic carbocycles. The first kappa shape index (κ1) is 14.3. The van der Waals surface area contributed by atoms with Crippen LogP contribution in [0.5, 0.6) is 0 Å². The van der Waals surface area contributed by atoms with Crippen molar-refractivity contribution in [2.75, 3.05) is 33.2 Å². The molecule has 0 aromatic heterocycles. The van der Waals surface area contributed by atoms with Crippen LogP contribution in [0, 0.1) is 5.92 Å². The molecule has 3 saturated heterocycles. The fourth-order valence-electron chi connectivity index (χ4n) is 4.58. The number of hydrogen-bond acceptors (Lipinski definition) is 3. The van der Waals surface area contributed by atoms with E-state index in [9.17, 15) is 4.79 Å². The molecule has 0 aliphatic carbocycles. The van der Waals surface area contributed by atoms with Gasteiger partial charge in [-0.25, -0.2) is 0 Å². The van der Waals surface area contributed by atoms with Crippen molar-refractivity contribution in [3.63, 3.8) is 0 Å². The predicted molar refractivity (Wildman–Crippen MR) is 80.6 cm³/mol. The summed E-state index contributed by atoms with van der Waals surface area (Å²) in [4.78, 5) is 17.6. The fraction of sp³-hybridized carbons (Fsp3) is 0.938. The Kier molecular flexibility index (Phi) is 4.04. The van der Waals surface area contributed by atoms with Crippen molar-refractivity contribution in [1.29, 1.82) is 0 Å². The minimum Gasteiger partial charge on any atom is -0.341 e. The van der Waals surface area contributed by atoms with Crippen molar-refractivity contribution in [3.8, 4) is 0 Å². The van der Waals surface area contributed by atoms with Crippen molar-refractivity contribution in [1.82, 2.24) is 15.1 Å². The third-order valence-electron chi connectivity index (χ3n) is 5.89. The molecule has 3 aliphatic heterocycles. The van der Waals surface area contributed by atoms with E-state index in [1.54, 1.807) is 0 Å². The molecule has 1 amide bonds. The summed E-state index contributed by atoms with van der Waals surface area (Å²) < 4.78 is 0. The van der Waals surface area contributed by atoms with Gasteiger partial charge in [-0.15, -0.1) is 0 Å². The van der Waals surface area contributed by atoms with Gasteiger partial charge in [-0.05, 0) is 64.6 Å². The van der Waals surface area contributed by atoms with Gasteiger partial charge < -0.3 is 15.1 Å². The Labute approximate surface area is 122 Å². The molecule has 20 heavy (non-hydrogen) atoms. The summed E-state index contributed by atoms with van der Waals surface area (Å²) >= 11 is 0. The van der Waals surface area contributed by atoms with E-state index < -0.39 is 0 Å². The highest BCUT2D eigenvalue weighted by Crippen LogP contribution is 2.32. The summed E-state index contributed by atoms with van der Waals surface area (Å²) in [7, 11) is 2.25. The molecule has 3 aliphatic rings. The van der Waals surface area contributed by atoms with Crippen LogP contribution in [0.15, 0.2) is 0 Å². The lowest BCUT2D eigenvalue weighted by molar-refractivity contribution is -0.141. The normalized spacial score (nSPS) is 38.8. The van der Waals surface area contributed by atoms with E-state index >= 15 is 0 Å². The summed E-state index contributed by atoms with van der Waals surface area (Å²) in [6, 6.07) is 0.710. The van der Waals surface area contributed by atoms with Gasteiger partial charge in [0.25, 0.3) is 0 Å². The highest BCUT2D eigenvalue weighted by Gasteiger charge is 2.44. The van der Waals surface area contributed by atoms with Crippen molar-refractivity contribution >= 4 is 5.91 Å². The monoisotopic (exact) mass is 279 g/mol. The number of nitrogens with zero attached hydrogens (tertiary/aromatic N) is 2. The molecule has 3 rings (SSSR count). The van der Waals surface area contributed by atoms with Gasteiger partial charge in [0.05, 0.1) is 5.54 Å². The highest BCUT2D eigenvalue weighted by molar-refractivity contribution is 5.86. The fourth-order valence-corrected chi connectivity index (χ4v) is 4.58. The van der Waals surface area contributed by atoms with Crippen LogP contribution in [0.3, 0.4) is 0 Å². The number of likely N-dealkylation sites (tertiary alicyclic amines) is 2. The van der Waals surface area contributed by atoms with Crippen molar-refractivity contribution in [3.05, 3.63) is 0 Å². The molecule has 1 N–H and O–H groups in total. The van der Waals surface area contributed by atoms with Gasteiger partial charge in [0, 0.05) is 19.1 Å². The van der Waals surface area contributed by atoms with Crippen LogP contribution >= 0.6 is 0 Å². The van der Waals surface area contributed by atoms with Crippen LogP contribution < -0.4 is 5.32 Å². The molecular formula is C16H29N3O. The predicted octanol–water partition coefficient (Wildman–Crippen LogP) is 1.46. The average molecular weight is 279 g/mol. The molecule has 0 saturated carbocycles. The minimum absolute atomic E-state index is 0.243. The summed E-state index contributed by atoms with van der Waals surface area (Å²) in [6.07, 6.45) is 6.83. The first-order valence-corrected chi connectivity index (χ1v) is 8.41. The van der Waals surface area contributed by atoms with Gasteiger partial charge in [-0.3, -0.25) is 4.79 Å². The Bertz CT molecular complexity index is 365. The van der Waals surface area contributed by atoms with Gasteiger partial charge in [0.1, 0.15) is 0 Å². The van der Waals surface area contributed by atoms with Gasteiger partial charge in [0.2, 0.25) is 5.91 Å². The van der Waals surface area contributed by atoms with Crippen LogP contribution in [-0.4, -0.2) is 60.5 Å². The molecule has 4 heteroatoms. The van der Waals surface area contributed by atoms with Crippen molar-refractivity contribution < 1.29 is 4.79 Å². The van der Waals surface area contributed by atoms with Crippen LogP contribution in [-0.2, 0) is 4.79 Å². The van der Waals surface area contributed by atoms with E-state index in [1.807, 2.05) is 0 Å². The lowest BCUT2D eigenvalue weighted by Crippen LogP contribution is -2.60. The first-order valence-electron chi connectivity index (χ1n) is 8.41. The number of piperidine rings is 2. The maximum Gasteiger partial charge on any atom is 0.242 e. The second kappa shape index (κ2) is 5.64. The number of nitrogens with one attached hydrogen (secondary N) is 1. The quantitative estimate of drug-likeness (QED) is 0.831. The first-order chi connectivity index (χ1) is 9.66. The Morgan fingerprint density at radius 3 is 2.85 bits per heavy atom. The van der Waals surface area contributed by atoms with Crippen LogP contribution in [0.25, 0.3) is 0 Å². The molecule has 3 atom stereocenters. The Morgan fingerprint density at radius 1 is 1.30 bits per heavy atom. The molecular weight excluding hydrogens is 250 g/mol. The maximum absolute atomic E-state index is 13.0. The van der Waals surface area contributed by atoms with E-state index in [-0.39, 0.29) is 5.54 Å². The molecule has 114 valence electrons. The van der Waals surface area contributed by atoms with E-state index in [0.29, 0.717) is 17.9 Å². The topological polar surface area (TPSA) is 35.6 Å². The number of carbonyl (C=O) groups excluding carboxylic acids is 1. The van der Waals surface area contributed by atoms with E-state index in [2.05, 4.69) is 29.1 Å².